The first-order chi connectivity index (χ1) is 8.06. The molecule has 0 aliphatic carbocycles. The Morgan fingerprint density at radius 2 is 1.94 bits per heavy atom. The third-order valence-corrected chi connectivity index (χ3v) is 2.67. The van der Waals surface area contributed by atoms with E-state index in [4.69, 9.17) is 4.74 Å². The van der Waals surface area contributed by atoms with Gasteiger partial charge in [-0.05, 0) is 12.3 Å². The van der Waals surface area contributed by atoms with Crippen LogP contribution in [0.2, 0.25) is 0 Å². The average Bonchev–Trinajstić information content (AvgIpc) is 2.34. The molecule has 5 heteroatoms. The monoisotopic (exact) mass is 245 g/mol. The fraction of sp³-hybridized carbons (Fsp3) is 0.833. The summed E-state index contributed by atoms with van der Waals surface area (Å²) < 4.78 is 9.60. The van der Waals surface area contributed by atoms with Crippen molar-refractivity contribution < 1.29 is 19.1 Å². The molecule has 0 bridgehead atoms. The quantitative estimate of drug-likeness (QED) is 0.551. The molecule has 1 amide bonds. The lowest BCUT2D eigenvalue weighted by Crippen LogP contribution is -2.46. The maximum Gasteiger partial charge on any atom is 0.407 e. The minimum Gasteiger partial charge on any atom is -0.464 e. The lowest BCUT2D eigenvalue weighted by atomic mass is 9.99. The Bertz CT molecular complexity index is 243. The summed E-state index contributed by atoms with van der Waals surface area (Å²) in [4.78, 5) is 22.9. The van der Waals surface area contributed by atoms with Crippen LogP contribution in [0.3, 0.4) is 0 Å². The van der Waals surface area contributed by atoms with E-state index < -0.39 is 18.1 Å². The number of carbonyl (C=O) groups is 2. The van der Waals surface area contributed by atoms with Crippen LogP contribution in [0.4, 0.5) is 4.79 Å². The number of hydrogen-bond acceptors (Lipinski definition) is 4. The third-order valence-electron chi connectivity index (χ3n) is 2.67. The molecule has 17 heavy (non-hydrogen) atoms. The number of ether oxygens (including phenoxy) is 2. The van der Waals surface area contributed by atoms with E-state index in [1.165, 1.54) is 7.11 Å². The molecule has 2 unspecified atom stereocenters. The van der Waals surface area contributed by atoms with Gasteiger partial charge >= 0.3 is 12.1 Å². The first kappa shape index (κ1) is 15.7. The molecule has 0 aromatic heterocycles. The van der Waals surface area contributed by atoms with Crippen molar-refractivity contribution in [3.8, 4) is 0 Å². The van der Waals surface area contributed by atoms with E-state index >= 15 is 0 Å². The summed E-state index contributed by atoms with van der Waals surface area (Å²) in [6.07, 6.45) is 1.96. The maximum atomic E-state index is 11.8. The third kappa shape index (κ3) is 6.14. The summed E-state index contributed by atoms with van der Waals surface area (Å²) in [6.45, 7) is 6.26. The molecule has 0 aliphatic rings. The molecule has 5 nitrogen and oxygen atoms in total. The highest BCUT2D eigenvalue weighted by atomic mass is 16.5. The number of hydrogen-bond donors (Lipinski definition) is 1. The van der Waals surface area contributed by atoms with Crippen molar-refractivity contribution in [2.24, 2.45) is 5.92 Å². The molecule has 0 saturated carbocycles. The highest BCUT2D eigenvalue weighted by Crippen LogP contribution is 2.10. The highest BCUT2D eigenvalue weighted by Gasteiger charge is 2.27. The zero-order valence-electron chi connectivity index (χ0n) is 11.1. The average molecular weight is 245 g/mol. The molecule has 0 fully saturated rings. The zero-order chi connectivity index (χ0) is 13.3. The van der Waals surface area contributed by atoms with Crippen LogP contribution in [0.1, 0.15) is 40.0 Å². The number of nitrogens with one attached hydrogen (secondary N) is 1. The molecule has 0 rings (SSSR count). The topological polar surface area (TPSA) is 64.6 Å². The molecule has 0 radical (unpaired) electrons. The second kappa shape index (κ2) is 8.84. The van der Waals surface area contributed by atoms with E-state index in [2.05, 4.69) is 10.1 Å². The van der Waals surface area contributed by atoms with Crippen molar-refractivity contribution in [1.29, 1.82) is 0 Å². The van der Waals surface area contributed by atoms with Gasteiger partial charge < -0.3 is 14.8 Å². The number of unbranched alkanes of at least 4 members (excludes halogenated alkanes) is 1. The van der Waals surface area contributed by atoms with Crippen molar-refractivity contribution in [1.82, 2.24) is 5.32 Å². The molecule has 0 aliphatic heterocycles. The maximum absolute atomic E-state index is 11.8. The molecule has 0 saturated heterocycles. The smallest absolute Gasteiger partial charge is 0.407 e. The van der Waals surface area contributed by atoms with E-state index in [1.807, 2.05) is 20.8 Å². The van der Waals surface area contributed by atoms with Gasteiger partial charge in [0.25, 0.3) is 0 Å². The number of amides is 1. The van der Waals surface area contributed by atoms with Gasteiger partial charge in [0.15, 0.2) is 0 Å². The standard InChI is InChI=1S/C12H23NO4/c1-5-7-8-17-11(14)10(9(3)6-2)13-12(15)16-4/h9-10H,5-8H2,1-4H3,(H,13,15). The molecule has 0 aromatic carbocycles. The predicted molar refractivity (Wildman–Crippen MR) is 64.7 cm³/mol. The summed E-state index contributed by atoms with van der Waals surface area (Å²) in [5.74, 6) is -0.374. The fourth-order valence-electron chi connectivity index (χ4n) is 1.26. The van der Waals surface area contributed by atoms with Gasteiger partial charge in [0.1, 0.15) is 6.04 Å². The van der Waals surface area contributed by atoms with Crippen molar-refractivity contribution in [3.05, 3.63) is 0 Å². The lowest BCUT2D eigenvalue weighted by molar-refractivity contribution is -0.147. The normalized spacial score (nSPS) is 13.6. The lowest BCUT2D eigenvalue weighted by Gasteiger charge is -2.21. The van der Waals surface area contributed by atoms with E-state index in [0.29, 0.717) is 6.61 Å². The van der Waals surface area contributed by atoms with Gasteiger partial charge in [0, 0.05) is 0 Å². The van der Waals surface area contributed by atoms with E-state index in [1.54, 1.807) is 0 Å². The SMILES string of the molecule is CCCCOC(=O)C(NC(=O)OC)C(C)CC. The first-order valence-electron chi connectivity index (χ1n) is 6.07. The van der Waals surface area contributed by atoms with Gasteiger partial charge in [-0.1, -0.05) is 33.6 Å². The van der Waals surface area contributed by atoms with Gasteiger partial charge in [-0.25, -0.2) is 9.59 Å². The summed E-state index contributed by atoms with van der Waals surface area (Å²) >= 11 is 0. The van der Waals surface area contributed by atoms with Crippen LogP contribution in [0, 0.1) is 5.92 Å². The molecule has 0 heterocycles. The van der Waals surface area contributed by atoms with Crippen LogP contribution < -0.4 is 5.32 Å². The van der Waals surface area contributed by atoms with Crippen LogP contribution in [0.15, 0.2) is 0 Å². The van der Waals surface area contributed by atoms with E-state index in [9.17, 15) is 9.59 Å². The summed E-state index contributed by atoms with van der Waals surface area (Å²) in [7, 11) is 1.27. The number of rotatable bonds is 7. The second-order valence-electron chi connectivity index (χ2n) is 4.02. The summed E-state index contributed by atoms with van der Waals surface area (Å²) in [5, 5.41) is 2.51. The molecule has 0 spiro atoms. The molecule has 1 N–H and O–H groups in total. The van der Waals surface area contributed by atoms with Crippen LogP contribution in [0.5, 0.6) is 0 Å². The number of methoxy groups -OCH3 is 1. The van der Waals surface area contributed by atoms with Gasteiger partial charge in [-0.15, -0.1) is 0 Å². The minimum absolute atomic E-state index is 0.0169. The molecular formula is C12H23NO4. The first-order valence-corrected chi connectivity index (χ1v) is 6.07. The number of carbonyl (C=O) groups excluding carboxylic acids is 2. The van der Waals surface area contributed by atoms with Crippen molar-refractivity contribution in [3.63, 3.8) is 0 Å². The Morgan fingerprint density at radius 1 is 1.29 bits per heavy atom. The molecule has 100 valence electrons. The van der Waals surface area contributed by atoms with Crippen molar-refractivity contribution >= 4 is 12.1 Å². The summed E-state index contributed by atoms with van der Waals surface area (Å²) in [5.41, 5.74) is 0. The predicted octanol–water partition coefficient (Wildman–Crippen LogP) is 2.10. The Morgan fingerprint density at radius 3 is 2.41 bits per heavy atom. The van der Waals surface area contributed by atoms with Crippen LogP contribution >= 0.6 is 0 Å². The van der Waals surface area contributed by atoms with Crippen LogP contribution in [-0.2, 0) is 14.3 Å². The van der Waals surface area contributed by atoms with Crippen LogP contribution in [0.25, 0.3) is 0 Å². The Balaban J connectivity index is 4.35. The Labute approximate surface area is 103 Å². The number of alkyl carbamates (subject to hydrolysis) is 1. The largest absolute Gasteiger partial charge is 0.464 e. The minimum atomic E-state index is -0.635. The Hall–Kier alpha value is -1.26. The van der Waals surface area contributed by atoms with Crippen molar-refractivity contribution in [2.45, 2.75) is 46.1 Å². The fourth-order valence-corrected chi connectivity index (χ4v) is 1.26. The van der Waals surface area contributed by atoms with Gasteiger partial charge in [0.05, 0.1) is 13.7 Å². The van der Waals surface area contributed by atoms with Crippen LogP contribution in [-0.4, -0.2) is 31.8 Å². The van der Waals surface area contributed by atoms with Gasteiger partial charge in [0.2, 0.25) is 0 Å². The van der Waals surface area contributed by atoms with Gasteiger partial charge in [-0.2, -0.15) is 0 Å². The molecule has 2 atom stereocenters. The van der Waals surface area contributed by atoms with Crippen molar-refractivity contribution in [2.75, 3.05) is 13.7 Å². The summed E-state index contributed by atoms with van der Waals surface area (Å²) in [6, 6.07) is -0.635. The highest BCUT2D eigenvalue weighted by molar-refractivity contribution is 5.81. The van der Waals surface area contributed by atoms with E-state index in [0.717, 1.165) is 19.3 Å². The van der Waals surface area contributed by atoms with Gasteiger partial charge in [-0.3, -0.25) is 0 Å². The zero-order valence-corrected chi connectivity index (χ0v) is 11.1. The van der Waals surface area contributed by atoms with E-state index in [-0.39, 0.29) is 5.92 Å². The second-order valence-corrected chi connectivity index (χ2v) is 4.02. The molecular weight excluding hydrogens is 222 g/mol. The Kier molecular flexibility index (Phi) is 8.19. The molecule has 0 aromatic rings. The number of esters is 1.